The van der Waals surface area contributed by atoms with Crippen molar-refractivity contribution >= 4 is 5.91 Å². The Morgan fingerprint density at radius 3 is 2.69 bits per heavy atom. The number of para-hydroxylation sites is 1. The number of carbonyl (C=O) groups is 1. The zero-order chi connectivity index (χ0) is 18.4. The van der Waals surface area contributed by atoms with Crippen molar-refractivity contribution < 1.29 is 9.53 Å². The maximum atomic E-state index is 12.8. The Balaban J connectivity index is 1.75. The molecule has 1 aliphatic rings. The third kappa shape index (κ3) is 3.97. The van der Waals surface area contributed by atoms with Crippen LogP contribution >= 0.6 is 0 Å². The normalized spacial score (nSPS) is 16.4. The molecule has 1 aliphatic heterocycles. The number of hydrogen-bond acceptors (Lipinski definition) is 4. The molecule has 1 amide bonds. The van der Waals surface area contributed by atoms with E-state index in [1.165, 1.54) is 0 Å². The molecular formula is C20H28N4O2. The molecule has 1 fully saturated rings. The maximum Gasteiger partial charge on any atom is 0.254 e. The highest BCUT2D eigenvalue weighted by Gasteiger charge is 2.33. The third-order valence-electron chi connectivity index (χ3n) is 5.19. The zero-order valence-electron chi connectivity index (χ0n) is 15.6. The molecule has 2 aromatic rings. The lowest BCUT2D eigenvalue weighted by Crippen LogP contribution is -2.47. The lowest BCUT2D eigenvalue weighted by Gasteiger charge is -2.37. The van der Waals surface area contributed by atoms with Gasteiger partial charge in [-0.1, -0.05) is 25.1 Å². The molecule has 0 radical (unpaired) electrons. The number of piperidine rings is 1. The lowest BCUT2D eigenvalue weighted by atomic mass is 9.79. The predicted molar refractivity (Wildman–Crippen MR) is 102 cm³/mol. The van der Waals surface area contributed by atoms with Gasteiger partial charge in [0.25, 0.3) is 5.91 Å². The molecule has 6 nitrogen and oxygen atoms in total. The molecule has 1 aromatic carbocycles. The predicted octanol–water partition coefficient (Wildman–Crippen LogP) is 2.18. The summed E-state index contributed by atoms with van der Waals surface area (Å²) < 4.78 is 7.29. The van der Waals surface area contributed by atoms with Crippen LogP contribution < -0.4 is 10.6 Å². The van der Waals surface area contributed by atoms with E-state index in [1.54, 1.807) is 13.3 Å². The number of rotatable bonds is 7. The minimum absolute atomic E-state index is 0.0114. The molecule has 1 saturated heterocycles. The summed E-state index contributed by atoms with van der Waals surface area (Å²) in [5, 5.41) is 11.0. The minimum Gasteiger partial charge on any atom is -0.384 e. The van der Waals surface area contributed by atoms with E-state index < -0.39 is 0 Å². The van der Waals surface area contributed by atoms with Crippen LogP contribution in [0, 0.1) is 5.41 Å². The number of nitrogens with one attached hydrogen (secondary N) is 2. The van der Waals surface area contributed by atoms with Crippen LogP contribution in [0.1, 0.15) is 35.8 Å². The van der Waals surface area contributed by atoms with E-state index in [4.69, 9.17) is 4.74 Å². The van der Waals surface area contributed by atoms with Crippen LogP contribution in [0.4, 0.5) is 0 Å². The van der Waals surface area contributed by atoms with Crippen LogP contribution in [0.15, 0.2) is 36.5 Å². The van der Waals surface area contributed by atoms with Crippen molar-refractivity contribution in [1.29, 1.82) is 0 Å². The van der Waals surface area contributed by atoms with E-state index in [9.17, 15) is 4.79 Å². The quantitative estimate of drug-likeness (QED) is 0.798. The summed E-state index contributed by atoms with van der Waals surface area (Å²) in [7, 11) is 1.73. The number of hydrogen-bond donors (Lipinski definition) is 2. The van der Waals surface area contributed by atoms with Gasteiger partial charge in [-0.15, -0.1) is 0 Å². The minimum atomic E-state index is -0.0574. The Labute approximate surface area is 154 Å². The summed E-state index contributed by atoms with van der Waals surface area (Å²) >= 11 is 0. The van der Waals surface area contributed by atoms with Crippen LogP contribution in [-0.4, -0.2) is 49.0 Å². The number of amides is 1. The van der Waals surface area contributed by atoms with E-state index in [0.29, 0.717) is 18.7 Å². The second-order valence-electron chi connectivity index (χ2n) is 6.97. The molecule has 0 aliphatic carbocycles. The molecular weight excluding hydrogens is 328 g/mol. The fourth-order valence-corrected chi connectivity index (χ4v) is 3.69. The van der Waals surface area contributed by atoms with Crippen LogP contribution in [0.3, 0.4) is 0 Å². The van der Waals surface area contributed by atoms with Gasteiger partial charge in [-0.05, 0) is 44.5 Å². The summed E-state index contributed by atoms with van der Waals surface area (Å²) in [6, 6.07) is 9.91. The van der Waals surface area contributed by atoms with Crippen molar-refractivity contribution in [2.75, 3.05) is 33.4 Å². The van der Waals surface area contributed by atoms with Gasteiger partial charge in [-0.2, -0.15) is 5.10 Å². The van der Waals surface area contributed by atoms with Crippen LogP contribution in [-0.2, 0) is 11.2 Å². The van der Waals surface area contributed by atoms with E-state index in [1.807, 2.05) is 41.9 Å². The molecule has 0 spiro atoms. The van der Waals surface area contributed by atoms with E-state index in [-0.39, 0.29) is 11.3 Å². The van der Waals surface area contributed by atoms with E-state index >= 15 is 0 Å². The molecule has 26 heavy (non-hydrogen) atoms. The molecule has 0 unspecified atom stereocenters. The molecule has 0 atom stereocenters. The van der Waals surface area contributed by atoms with Crippen LogP contribution in [0.2, 0.25) is 0 Å². The average molecular weight is 356 g/mol. The number of ether oxygens (including phenoxy) is 1. The maximum absolute atomic E-state index is 12.8. The second kappa shape index (κ2) is 8.47. The van der Waals surface area contributed by atoms with Crippen molar-refractivity contribution in [1.82, 2.24) is 20.4 Å². The van der Waals surface area contributed by atoms with Gasteiger partial charge in [-0.25, -0.2) is 4.68 Å². The van der Waals surface area contributed by atoms with E-state index in [0.717, 1.165) is 43.7 Å². The molecule has 2 N–H and O–H groups in total. The van der Waals surface area contributed by atoms with Crippen molar-refractivity contribution in [2.24, 2.45) is 5.41 Å². The SMILES string of the molecule is CCc1c(C(=O)NCC2(COC)CCNCC2)cnn1-c1ccccc1. The molecule has 2 heterocycles. The first-order valence-corrected chi connectivity index (χ1v) is 9.29. The largest absolute Gasteiger partial charge is 0.384 e. The third-order valence-corrected chi connectivity index (χ3v) is 5.19. The number of benzene rings is 1. The summed E-state index contributed by atoms with van der Waals surface area (Å²) in [5.74, 6) is -0.0574. The topological polar surface area (TPSA) is 68.2 Å². The lowest BCUT2D eigenvalue weighted by molar-refractivity contribution is 0.0511. The van der Waals surface area contributed by atoms with Gasteiger partial charge in [0.1, 0.15) is 0 Å². The van der Waals surface area contributed by atoms with Gasteiger partial charge >= 0.3 is 0 Å². The molecule has 6 heteroatoms. The summed E-state index contributed by atoms with van der Waals surface area (Å²) in [6.07, 6.45) is 4.42. The van der Waals surface area contributed by atoms with Gasteiger partial charge < -0.3 is 15.4 Å². The number of aromatic nitrogens is 2. The van der Waals surface area contributed by atoms with Crippen molar-refractivity contribution in [3.05, 3.63) is 47.8 Å². The molecule has 140 valence electrons. The zero-order valence-corrected chi connectivity index (χ0v) is 15.6. The number of methoxy groups -OCH3 is 1. The monoisotopic (exact) mass is 356 g/mol. The summed E-state index contributed by atoms with van der Waals surface area (Å²) in [5.41, 5.74) is 2.56. The average Bonchev–Trinajstić information content (AvgIpc) is 3.12. The highest BCUT2D eigenvalue weighted by molar-refractivity contribution is 5.95. The van der Waals surface area contributed by atoms with Crippen molar-refractivity contribution in [3.63, 3.8) is 0 Å². The number of carbonyl (C=O) groups excluding carboxylic acids is 1. The first-order chi connectivity index (χ1) is 12.7. The Hall–Kier alpha value is -2.18. The Morgan fingerprint density at radius 2 is 2.04 bits per heavy atom. The molecule has 3 rings (SSSR count). The van der Waals surface area contributed by atoms with Crippen molar-refractivity contribution in [3.8, 4) is 5.69 Å². The van der Waals surface area contributed by atoms with Gasteiger partial charge in [0.05, 0.1) is 29.7 Å². The fraction of sp³-hybridized carbons (Fsp3) is 0.500. The number of nitrogens with zero attached hydrogens (tertiary/aromatic N) is 2. The van der Waals surface area contributed by atoms with E-state index in [2.05, 4.69) is 15.7 Å². The standard InChI is InChI=1S/C20H28N4O2/c1-3-18-17(13-23-24(18)16-7-5-4-6-8-16)19(25)22-14-20(15-26-2)9-11-21-12-10-20/h4-8,13,21H,3,9-12,14-15H2,1-2H3,(H,22,25). The summed E-state index contributed by atoms with van der Waals surface area (Å²) in [6.45, 7) is 5.27. The van der Waals surface area contributed by atoms with Gasteiger partial charge in [0.2, 0.25) is 0 Å². The van der Waals surface area contributed by atoms with Gasteiger partial charge in [-0.3, -0.25) is 4.79 Å². The second-order valence-corrected chi connectivity index (χ2v) is 6.97. The van der Waals surface area contributed by atoms with Gasteiger partial charge in [0, 0.05) is 19.1 Å². The Kier molecular flexibility index (Phi) is 6.06. The Morgan fingerprint density at radius 1 is 1.31 bits per heavy atom. The molecule has 1 aromatic heterocycles. The van der Waals surface area contributed by atoms with Gasteiger partial charge in [0.15, 0.2) is 0 Å². The van der Waals surface area contributed by atoms with Crippen molar-refractivity contribution in [2.45, 2.75) is 26.2 Å². The van der Waals surface area contributed by atoms with Crippen LogP contribution in [0.25, 0.3) is 5.69 Å². The summed E-state index contributed by atoms with van der Waals surface area (Å²) in [4.78, 5) is 12.8. The fourth-order valence-electron chi connectivity index (χ4n) is 3.69. The highest BCUT2D eigenvalue weighted by Crippen LogP contribution is 2.28. The highest BCUT2D eigenvalue weighted by atomic mass is 16.5. The smallest absolute Gasteiger partial charge is 0.254 e. The molecule has 0 bridgehead atoms. The first kappa shape index (κ1) is 18.6. The molecule has 0 saturated carbocycles. The Bertz CT molecular complexity index is 715. The first-order valence-electron chi connectivity index (χ1n) is 9.29. The van der Waals surface area contributed by atoms with Crippen LogP contribution in [0.5, 0.6) is 0 Å².